The lowest BCUT2D eigenvalue weighted by Crippen LogP contribution is -2.49. The molecule has 1 saturated heterocycles. The van der Waals surface area contributed by atoms with Crippen LogP contribution < -0.4 is 4.90 Å². The summed E-state index contributed by atoms with van der Waals surface area (Å²) >= 11 is 0. The molecular weight excluding hydrogens is 338 g/mol. The predicted octanol–water partition coefficient (Wildman–Crippen LogP) is 2.36. The van der Waals surface area contributed by atoms with Crippen LogP contribution in [0.1, 0.15) is 16.2 Å². The molecule has 0 unspecified atom stereocenters. The lowest BCUT2D eigenvalue weighted by atomic mass is 10.2. The highest BCUT2D eigenvalue weighted by Gasteiger charge is 2.27. The number of piperazine rings is 1. The molecule has 0 bridgehead atoms. The van der Waals surface area contributed by atoms with Gasteiger partial charge in [0.15, 0.2) is 5.69 Å². The van der Waals surface area contributed by atoms with E-state index in [4.69, 9.17) is 0 Å². The first-order valence-corrected chi connectivity index (χ1v) is 9.33. The second kappa shape index (κ2) is 7.40. The summed E-state index contributed by atoms with van der Waals surface area (Å²) in [5.41, 5.74) is 3.56. The Morgan fingerprint density at radius 1 is 1.00 bits per heavy atom. The van der Waals surface area contributed by atoms with Gasteiger partial charge in [-0.3, -0.25) is 4.79 Å². The van der Waals surface area contributed by atoms with Crippen molar-refractivity contribution in [1.29, 1.82) is 0 Å². The summed E-state index contributed by atoms with van der Waals surface area (Å²) in [5.74, 6) is 0.0308. The zero-order chi connectivity index (χ0) is 18.8. The van der Waals surface area contributed by atoms with E-state index < -0.39 is 0 Å². The average Bonchev–Trinajstić information content (AvgIpc) is 3.06. The lowest BCUT2D eigenvalue weighted by molar-refractivity contribution is 0.0739. The monoisotopic (exact) mass is 363 g/mol. The minimum atomic E-state index is 0.0308. The molecule has 1 amide bonds. The Balaban J connectivity index is 1.55. The average molecular weight is 363 g/mol. The Bertz CT molecular complexity index is 926. The lowest BCUT2D eigenvalue weighted by Gasteiger charge is -2.36. The number of rotatable bonds is 4. The standard InChI is InChI=1S/C21H25N5O/c1-23(2)16-18-20(22-19-10-6-7-11-26(18)19)21(27)25-14-12-24(13-15-25)17-8-4-3-5-9-17/h3-11H,12-16H2,1-2H3. The first kappa shape index (κ1) is 17.5. The fourth-order valence-electron chi connectivity index (χ4n) is 3.62. The molecule has 27 heavy (non-hydrogen) atoms. The number of para-hydroxylation sites is 1. The Morgan fingerprint density at radius 3 is 2.41 bits per heavy atom. The quantitative estimate of drug-likeness (QED) is 0.714. The molecule has 1 fully saturated rings. The fraction of sp³-hybridized carbons (Fsp3) is 0.333. The highest BCUT2D eigenvalue weighted by Crippen LogP contribution is 2.19. The maximum Gasteiger partial charge on any atom is 0.274 e. The number of anilines is 1. The number of imidazole rings is 1. The zero-order valence-corrected chi connectivity index (χ0v) is 15.9. The summed E-state index contributed by atoms with van der Waals surface area (Å²) in [6.07, 6.45) is 1.98. The van der Waals surface area contributed by atoms with Crippen LogP contribution in [-0.2, 0) is 6.54 Å². The van der Waals surface area contributed by atoms with Crippen LogP contribution in [0.4, 0.5) is 5.69 Å². The maximum atomic E-state index is 13.2. The summed E-state index contributed by atoms with van der Waals surface area (Å²) < 4.78 is 2.02. The molecule has 1 aromatic carbocycles. The van der Waals surface area contributed by atoms with E-state index >= 15 is 0 Å². The number of fused-ring (bicyclic) bond motifs is 1. The molecule has 1 aliphatic heterocycles. The third-order valence-corrected chi connectivity index (χ3v) is 4.99. The van der Waals surface area contributed by atoms with Gasteiger partial charge in [-0.2, -0.15) is 0 Å². The highest BCUT2D eigenvalue weighted by molar-refractivity contribution is 5.94. The van der Waals surface area contributed by atoms with E-state index in [-0.39, 0.29) is 5.91 Å². The number of hydrogen-bond donors (Lipinski definition) is 0. The van der Waals surface area contributed by atoms with E-state index in [2.05, 4.69) is 39.0 Å². The molecule has 0 saturated carbocycles. The van der Waals surface area contributed by atoms with Gasteiger partial charge in [0, 0.05) is 44.6 Å². The second-order valence-corrected chi connectivity index (χ2v) is 7.19. The minimum absolute atomic E-state index is 0.0308. The number of aromatic nitrogens is 2. The first-order valence-electron chi connectivity index (χ1n) is 9.33. The van der Waals surface area contributed by atoms with Gasteiger partial charge in [-0.15, -0.1) is 0 Å². The van der Waals surface area contributed by atoms with Gasteiger partial charge < -0.3 is 19.1 Å². The second-order valence-electron chi connectivity index (χ2n) is 7.19. The number of carbonyl (C=O) groups is 1. The molecule has 2 aromatic heterocycles. The molecule has 0 aliphatic carbocycles. The molecule has 6 nitrogen and oxygen atoms in total. The largest absolute Gasteiger partial charge is 0.368 e. The van der Waals surface area contributed by atoms with Crippen molar-refractivity contribution >= 4 is 17.2 Å². The molecule has 6 heteroatoms. The van der Waals surface area contributed by atoms with Crippen molar-refractivity contribution in [2.24, 2.45) is 0 Å². The Labute approximate surface area is 159 Å². The number of hydrogen-bond acceptors (Lipinski definition) is 4. The summed E-state index contributed by atoms with van der Waals surface area (Å²) in [5, 5.41) is 0. The number of amides is 1. The Morgan fingerprint density at radius 2 is 1.70 bits per heavy atom. The minimum Gasteiger partial charge on any atom is -0.368 e. The molecule has 140 valence electrons. The molecule has 0 spiro atoms. The third kappa shape index (κ3) is 3.53. The summed E-state index contributed by atoms with van der Waals surface area (Å²) in [6, 6.07) is 16.2. The van der Waals surface area contributed by atoms with Crippen molar-refractivity contribution < 1.29 is 4.79 Å². The van der Waals surface area contributed by atoms with Crippen LogP contribution in [0.2, 0.25) is 0 Å². The molecule has 4 rings (SSSR count). The van der Waals surface area contributed by atoms with Gasteiger partial charge in [-0.25, -0.2) is 4.98 Å². The van der Waals surface area contributed by atoms with E-state index in [0.29, 0.717) is 25.3 Å². The van der Waals surface area contributed by atoms with Crippen molar-refractivity contribution in [3.8, 4) is 0 Å². The smallest absolute Gasteiger partial charge is 0.274 e. The number of pyridine rings is 1. The normalized spacial score (nSPS) is 14.9. The Hall–Kier alpha value is -2.86. The van der Waals surface area contributed by atoms with Gasteiger partial charge in [0.25, 0.3) is 5.91 Å². The molecule has 0 N–H and O–H groups in total. The fourth-order valence-corrected chi connectivity index (χ4v) is 3.62. The van der Waals surface area contributed by atoms with Gasteiger partial charge in [-0.1, -0.05) is 24.3 Å². The van der Waals surface area contributed by atoms with Crippen molar-refractivity contribution in [1.82, 2.24) is 19.2 Å². The van der Waals surface area contributed by atoms with Crippen LogP contribution in [0.3, 0.4) is 0 Å². The van der Waals surface area contributed by atoms with Crippen LogP contribution in [0.15, 0.2) is 54.7 Å². The van der Waals surface area contributed by atoms with Crippen molar-refractivity contribution in [2.45, 2.75) is 6.54 Å². The third-order valence-electron chi connectivity index (χ3n) is 4.99. The van der Waals surface area contributed by atoms with Gasteiger partial charge in [0.05, 0.1) is 5.69 Å². The molecule has 3 heterocycles. The van der Waals surface area contributed by atoms with Crippen LogP contribution in [0.25, 0.3) is 5.65 Å². The van der Waals surface area contributed by atoms with Crippen molar-refractivity contribution in [3.63, 3.8) is 0 Å². The Kier molecular flexibility index (Phi) is 4.81. The van der Waals surface area contributed by atoms with Gasteiger partial charge in [0.1, 0.15) is 5.65 Å². The molecule has 0 radical (unpaired) electrons. The van der Waals surface area contributed by atoms with E-state index in [1.807, 2.05) is 53.9 Å². The topological polar surface area (TPSA) is 44.1 Å². The van der Waals surface area contributed by atoms with Crippen LogP contribution in [-0.4, -0.2) is 65.4 Å². The number of carbonyl (C=O) groups excluding carboxylic acids is 1. The van der Waals surface area contributed by atoms with Gasteiger partial charge in [0.2, 0.25) is 0 Å². The van der Waals surface area contributed by atoms with Gasteiger partial charge >= 0.3 is 0 Å². The van der Waals surface area contributed by atoms with E-state index in [1.54, 1.807) is 0 Å². The summed E-state index contributed by atoms with van der Waals surface area (Å²) in [7, 11) is 4.02. The maximum absolute atomic E-state index is 13.2. The SMILES string of the molecule is CN(C)Cc1c(C(=O)N2CCN(c3ccccc3)CC2)nc2ccccn12. The van der Waals surface area contributed by atoms with Crippen LogP contribution >= 0.6 is 0 Å². The highest BCUT2D eigenvalue weighted by atomic mass is 16.2. The molecule has 0 atom stereocenters. The summed E-state index contributed by atoms with van der Waals surface area (Å²) in [4.78, 5) is 24.2. The molecule has 1 aliphatic rings. The van der Waals surface area contributed by atoms with Crippen LogP contribution in [0.5, 0.6) is 0 Å². The number of nitrogens with zero attached hydrogens (tertiary/aromatic N) is 5. The zero-order valence-electron chi connectivity index (χ0n) is 15.9. The van der Waals surface area contributed by atoms with Crippen molar-refractivity contribution in [3.05, 3.63) is 66.1 Å². The number of benzene rings is 1. The first-order chi connectivity index (χ1) is 13.1. The van der Waals surface area contributed by atoms with Gasteiger partial charge in [-0.05, 0) is 38.4 Å². The van der Waals surface area contributed by atoms with E-state index in [0.717, 1.165) is 24.4 Å². The van der Waals surface area contributed by atoms with E-state index in [9.17, 15) is 4.79 Å². The summed E-state index contributed by atoms with van der Waals surface area (Å²) in [6.45, 7) is 3.78. The predicted molar refractivity (Wildman–Crippen MR) is 107 cm³/mol. The van der Waals surface area contributed by atoms with Crippen LogP contribution in [0, 0.1) is 0 Å². The molecular formula is C21H25N5O. The molecule has 3 aromatic rings. The van der Waals surface area contributed by atoms with E-state index in [1.165, 1.54) is 5.69 Å². The van der Waals surface area contributed by atoms with Crippen molar-refractivity contribution in [2.75, 3.05) is 45.2 Å².